The summed E-state index contributed by atoms with van der Waals surface area (Å²) in [6.45, 7) is 4.33. The molecule has 4 heteroatoms. The molecule has 0 saturated carbocycles. The minimum atomic E-state index is 0.519. The van der Waals surface area contributed by atoms with E-state index in [0.717, 1.165) is 32.4 Å². The van der Waals surface area contributed by atoms with Crippen molar-refractivity contribution in [1.82, 2.24) is 15.1 Å². The highest BCUT2D eigenvalue weighted by Crippen LogP contribution is 2.27. The van der Waals surface area contributed by atoms with Gasteiger partial charge in [0.25, 0.3) is 0 Å². The van der Waals surface area contributed by atoms with Crippen molar-refractivity contribution in [3.05, 3.63) is 48.3 Å². The van der Waals surface area contributed by atoms with Gasteiger partial charge in [-0.25, -0.2) is 0 Å². The zero-order valence-corrected chi connectivity index (χ0v) is 13.1. The Morgan fingerprint density at radius 2 is 2.23 bits per heavy atom. The van der Waals surface area contributed by atoms with E-state index in [0.29, 0.717) is 6.04 Å². The number of allylic oxidation sites excluding steroid dienone is 3. The van der Waals surface area contributed by atoms with Crippen molar-refractivity contribution in [3.63, 3.8) is 0 Å². The molecule has 1 aromatic carbocycles. The van der Waals surface area contributed by atoms with Gasteiger partial charge in [0.05, 0.1) is 17.8 Å². The lowest BCUT2D eigenvalue weighted by Crippen LogP contribution is -2.29. The van der Waals surface area contributed by atoms with E-state index in [-0.39, 0.29) is 0 Å². The number of aromatic nitrogens is 2. The molecule has 0 aliphatic carbocycles. The second kappa shape index (κ2) is 6.79. The summed E-state index contributed by atoms with van der Waals surface area (Å²) in [5.74, 6) is 0. The fraction of sp³-hybridized carbons (Fsp3) is 0.389. The fourth-order valence-electron chi connectivity index (χ4n) is 3.19. The lowest BCUT2D eigenvalue weighted by Gasteiger charge is -2.23. The molecule has 0 radical (unpaired) electrons. The standard InChI is InChI=1S/C18H24N4/c1-2-14(4-3-9-19)15-5-6-18-16(12-15)13-21-22(18)17-7-10-20-11-8-17/h3-6,9,12-13,17,20H,2,7-8,10-11,19H2,1H3/b9-3-,14-4+. The molecule has 0 atom stereocenters. The Morgan fingerprint density at radius 3 is 2.95 bits per heavy atom. The highest BCUT2D eigenvalue weighted by molar-refractivity contribution is 5.83. The van der Waals surface area contributed by atoms with Crippen LogP contribution in [-0.4, -0.2) is 22.9 Å². The first kappa shape index (κ1) is 14.9. The Labute approximate surface area is 131 Å². The maximum absolute atomic E-state index is 5.44. The molecular weight excluding hydrogens is 272 g/mol. The monoisotopic (exact) mass is 296 g/mol. The van der Waals surface area contributed by atoms with Crippen LogP contribution >= 0.6 is 0 Å². The minimum absolute atomic E-state index is 0.519. The number of nitrogens with one attached hydrogen (secondary N) is 1. The van der Waals surface area contributed by atoms with Gasteiger partial charge < -0.3 is 11.1 Å². The van der Waals surface area contributed by atoms with Gasteiger partial charge >= 0.3 is 0 Å². The average molecular weight is 296 g/mol. The van der Waals surface area contributed by atoms with Gasteiger partial charge in [0.15, 0.2) is 0 Å². The van der Waals surface area contributed by atoms with Gasteiger partial charge in [0.1, 0.15) is 0 Å². The van der Waals surface area contributed by atoms with Gasteiger partial charge in [0, 0.05) is 5.39 Å². The number of nitrogens with two attached hydrogens (primary N) is 1. The van der Waals surface area contributed by atoms with Crippen molar-refractivity contribution in [2.75, 3.05) is 13.1 Å². The molecule has 1 fully saturated rings. The predicted molar refractivity (Wildman–Crippen MR) is 92.5 cm³/mol. The number of hydrogen-bond donors (Lipinski definition) is 2. The Hall–Kier alpha value is -2.07. The lowest BCUT2D eigenvalue weighted by atomic mass is 10.0. The highest BCUT2D eigenvalue weighted by Gasteiger charge is 2.17. The van der Waals surface area contributed by atoms with E-state index in [1.165, 1.54) is 22.0 Å². The molecule has 22 heavy (non-hydrogen) atoms. The molecule has 0 bridgehead atoms. The van der Waals surface area contributed by atoms with Crippen LogP contribution in [-0.2, 0) is 0 Å². The molecule has 0 spiro atoms. The number of benzene rings is 1. The molecule has 3 N–H and O–H groups in total. The van der Waals surface area contributed by atoms with Crippen molar-refractivity contribution in [3.8, 4) is 0 Å². The van der Waals surface area contributed by atoms with Crippen LogP contribution in [0.1, 0.15) is 37.8 Å². The normalized spacial score (nSPS) is 17.6. The summed E-state index contributed by atoms with van der Waals surface area (Å²) in [5.41, 5.74) is 9.22. The third kappa shape index (κ3) is 2.92. The summed E-state index contributed by atoms with van der Waals surface area (Å²) in [6, 6.07) is 7.15. The van der Waals surface area contributed by atoms with Gasteiger partial charge in [0.2, 0.25) is 0 Å². The quantitative estimate of drug-likeness (QED) is 0.852. The van der Waals surface area contributed by atoms with Gasteiger partial charge in [-0.1, -0.05) is 19.1 Å². The molecule has 4 nitrogen and oxygen atoms in total. The van der Waals surface area contributed by atoms with E-state index in [1.807, 2.05) is 12.3 Å². The summed E-state index contributed by atoms with van der Waals surface area (Å²) in [4.78, 5) is 0. The Bertz CT molecular complexity index is 690. The smallest absolute Gasteiger partial charge is 0.0686 e. The summed E-state index contributed by atoms with van der Waals surface area (Å²) in [7, 11) is 0. The SMILES string of the molecule is CC/C(=C\C=C/N)c1ccc2c(cnn2C2CCNCC2)c1. The topological polar surface area (TPSA) is 55.9 Å². The van der Waals surface area contributed by atoms with Crippen molar-refractivity contribution < 1.29 is 0 Å². The number of nitrogens with zero attached hydrogens (tertiary/aromatic N) is 2. The highest BCUT2D eigenvalue weighted by atomic mass is 15.3. The largest absolute Gasteiger partial charge is 0.405 e. The summed E-state index contributed by atoms with van der Waals surface area (Å²) in [5, 5.41) is 9.27. The zero-order valence-electron chi connectivity index (χ0n) is 13.1. The lowest BCUT2D eigenvalue weighted by molar-refractivity contribution is 0.351. The molecule has 116 valence electrons. The van der Waals surface area contributed by atoms with Gasteiger partial charge in [-0.15, -0.1) is 0 Å². The second-order valence-electron chi connectivity index (χ2n) is 5.77. The van der Waals surface area contributed by atoms with E-state index >= 15 is 0 Å². The van der Waals surface area contributed by atoms with Crippen LogP contribution in [0.2, 0.25) is 0 Å². The fourth-order valence-corrected chi connectivity index (χ4v) is 3.19. The summed E-state index contributed by atoms with van der Waals surface area (Å²) in [6.07, 6.45) is 10.8. The molecular formula is C18H24N4. The molecule has 1 aliphatic rings. The van der Waals surface area contributed by atoms with Crippen molar-refractivity contribution in [2.45, 2.75) is 32.2 Å². The Kier molecular flexibility index (Phi) is 4.59. The first-order valence-corrected chi connectivity index (χ1v) is 8.09. The maximum Gasteiger partial charge on any atom is 0.0686 e. The predicted octanol–water partition coefficient (Wildman–Crippen LogP) is 3.23. The summed E-state index contributed by atoms with van der Waals surface area (Å²) >= 11 is 0. The Balaban J connectivity index is 1.94. The molecule has 3 rings (SSSR count). The van der Waals surface area contributed by atoms with Crippen LogP contribution in [0.15, 0.2) is 42.7 Å². The van der Waals surface area contributed by atoms with E-state index < -0.39 is 0 Å². The molecule has 0 amide bonds. The van der Waals surface area contributed by atoms with E-state index in [2.05, 4.69) is 46.3 Å². The second-order valence-corrected chi connectivity index (χ2v) is 5.77. The minimum Gasteiger partial charge on any atom is -0.405 e. The first-order chi connectivity index (χ1) is 10.8. The van der Waals surface area contributed by atoms with Crippen molar-refractivity contribution in [2.24, 2.45) is 5.73 Å². The van der Waals surface area contributed by atoms with Crippen LogP contribution in [0.4, 0.5) is 0 Å². The third-order valence-corrected chi connectivity index (χ3v) is 4.41. The first-order valence-electron chi connectivity index (χ1n) is 8.09. The number of hydrogen-bond acceptors (Lipinski definition) is 3. The van der Waals surface area contributed by atoms with Crippen LogP contribution in [0.5, 0.6) is 0 Å². The van der Waals surface area contributed by atoms with Crippen LogP contribution in [0, 0.1) is 0 Å². The number of rotatable bonds is 4. The van der Waals surface area contributed by atoms with Crippen molar-refractivity contribution in [1.29, 1.82) is 0 Å². The van der Waals surface area contributed by atoms with E-state index in [1.54, 1.807) is 6.20 Å². The molecule has 0 unspecified atom stereocenters. The third-order valence-electron chi connectivity index (χ3n) is 4.41. The van der Waals surface area contributed by atoms with E-state index in [4.69, 9.17) is 5.73 Å². The van der Waals surface area contributed by atoms with Crippen LogP contribution in [0.25, 0.3) is 16.5 Å². The van der Waals surface area contributed by atoms with Gasteiger partial charge in [-0.05, 0) is 67.9 Å². The van der Waals surface area contributed by atoms with Crippen molar-refractivity contribution >= 4 is 16.5 Å². The van der Waals surface area contributed by atoms with Crippen LogP contribution < -0.4 is 11.1 Å². The van der Waals surface area contributed by atoms with E-state index in [9.17, 15) is 0 Å². The average Bonchev–Trinajstić information content (AvgIpc) is 2.99. The molecule has 1 aromatic heterocycles. The molecule has 1 aliphatic heterocycles. The molecule has 2 heterocycles. The Morgan fingerprint density at radius 1 is 1.41 bits per heavy atom. The number of fused-ring (bicyclic) bond motifs is 1. The van der Waals surface area contributed by atoms with Gasteiger partial charge in [-0.3, -0.25) is 4.68 Å². The zero-order chi connectivity index (χ0) is 15.4. The molecule has 1 saturated heterocycles. The maximum atomic E-state index is 5.44. The van der Waals surface area contributed by atoms with Crippen LogP contribution in [0.3, 0.4) is 0 Å². The van der Waals surface area contributed by atoms with Gasteiger partial charge in [-0.2, -0.15) is 5.10 Å². The summed E-state index contributed by atoms with van der Waals surface area (Å²) < 4.78 is 2.20. The molecule has 2 aromatic rings. The number of piperidine rings is 1.